The van der Waals surface area contributed by atoms with Gasteiger partial charge in [0.15, 0.2) is 5.82 Å². The number of carbonyl (C=O) groups excluding carboxylic acids is 1. The second kappa shape index (κ2) is 6.16. The Hall–Kier alpha value is -1.50. The molecule has 0 spiro atoms. The van der Waals surface area contributed by atoms with E-state index in [0.29, 0.717) is 12.2 Å². The summed E-state index contributed by atoms with van der Waals surface area (Å²) in [6.07, 6.45) is 0.441. The first kappa shape index (κ1) is 12.6. The highest BCUT2D eigenvalue weighted by atomic mass is 16.1. The van der Waals surface area contributed by atoms with Gasteiger partial charge in [-0.05, 0) is 20.4 Å². The predicted octanol–water partition coefficient (Wildman–Crippen LogP) is -0.235. The Bertz CT molecular complexity index is 312. The van der Waals surface area contributed by atoms with E-state index in [4.69, 9.17) is 0 Å². The quantitative estimate of drug-likeness (QED) is 0.622. The van der Waals surface area contributed by atoms with Crippen molar-refractivity contribution in [2.75, 3.05) is 6.54 Å². The molecule has 1 aromatic heterocycles. The van der Waals surface area contributed by atoms with Crippen LogP contribution >= 0.6 is 0 Å². The molecule has 3 N–H and O–H groups in total. The summed E-state index contributed by atoms with van der Waals surface area (Å²) in [4.78, 5) is 11.6. The van der Waals surface area contributed by atoms with E-state index >= 15 is 0 Å². The molecule has 7 nitrogen and oxygen atoms in total. The summed E-state index contributed by atoms with van der Waals surface area (Å²) in [5.41, 5.74) is 0. The summed E-state index contributed by atoms with van der Waals surface area (Å²) in [6, 6.07) is -0.0532. The van der Waals surface area contributed by atoms with E-state index in [9.17, 15) is 4.79 Å². The Kier molecular flexibility index (Phi) is 4.84. The number of nitrogens with zero attached hydrogens (tertiary/aromatic N) is 3. The lowest BCUT2D eigenvalue weighted by Crippen LogP contribution is -2.35. The second-order valence-corrected chi connectivity index (χ2v) is 3.72. The van der Waals surface area contributed by atoms with Crippen LogP contribution < -0.4 is 10.6 Å². The fourth-order valence-corrected chi connectivity index (χ4v) is 1.42. The van der Waals surface area contributed by atoms with Gasteiger partial charge in [0.1, 0.15) is 0 Å². The molecule has 0 fully saturated rings. The van der Waals surface area contributed by atoms with Crippen molar-refractivity contribution >= 4 is 5.91 Å². The van der Waals surface area contributed by atoms with Gasteiger partial charge in [0, 0.05) is 12.5 Å². The second-order valence-electron chi connectivity index (χ2n) is 3.72. The average molecular weight is 226 g/mol. The summed E-state index contributed by atoms with van der Waals surface area (Å²) in [7, 11) is 0. The van der Waals surface area contributed by atoms with Gasteiger partial charge >= 0.3 is 0 Å². The van der Waals surface area contributed by atoms with E-state index in [2.05, 4.69) is 31.3 Å². The number of hydrogen-bond acceptors (Lipinski definition) is 5. The molecule has 90 valence electrons. The van der Waals surface area contributed by atoms with E-state index in [1.54, 1.807) is 0 Å². The molecule has 2 atom stereocenters. The minimum absolute atomic E-state index is 0.0225. The minimum Gasteiger partial charge on any atom is -0.346 e. The topological polar surface area (TPSA) is 95.6 Å². The van der Waals surface area contributed by atoms with Crippen LogP contribution in [-0.4, -0.2) is 39.1 Å². The van der Waals surface area contributed by atoms with Crippen LogP contribution in [0.1, 0.15) is 39.1 Å². The number of nitrogens with one attached hydrogen (secondary N) is 3. The molecule has 0 saturated carbocycles. The van der Waals surface area contributed by atoms with E-state index in [0.717, 1.165) is 6.54 Å². The van der Waals surface area contributed by atoms with Gasteiger partial charge in [0.2, 0.25) is 5.91 Å². The monoisotopic (exact) mass is 226 g/mol. The zero-order valence-corrected chi connectivity index (χ0v) is 9.82. The minimum atomic E-state index is -0.222. The number of carbonyl (C=O) groups is 1. The molecule has 0 aliphatic carbocycles. The first-order valence-electron chi connectivity index (χ1n) is 5.39. The van der Waals surface area contributed by atoms with Crippen molar-refractivity contribution in [1.29, 1.82) is 0 Å². The lowest BCUT2D eigenvalue weighted by molar-refractivity contribution is -0.122. The Labute approximate surface area is 94.4 Å². The number of rotatable bonds is 6. The molecule has 1 amide bonds. The number of hydrogen-bond donors (Lipinski definition) is 3. The van der Waals surface area contributed by atoms with Crippen molar-refractivity contribution in [3.05, 3.63) is 5.82 Å². The van der Waals surface area contributed by atoms with Crippen LogP contribution in [0.5, 0.6) is 0 Å². The van der Waals surface area contributed by atoms with Crippen LogP contribution in [0.3, 0.4) is 0 Å². The highest BCUT2D eigenvalue weighted by Gasteiger charge is 2.14. The lowest BCUT2D eigenvalue weighted by Gasteiger charge is -2.14. The summed E-state index contributed by atoms with van der Waals surface area (Å²) in [6.45, 7) is 6.66. The Balaban J connectivity index is 2.34. The molecule has 16 heavy (non-hydrogen) atoms. The predicted molar refractivity (Wildman–Crippen MR) is 58.5 cm³/mol. The fraction of sp³-hybridized carbons (Fsp3) is 0.778. The SMILES string of the molecule is CCNC(C)CC(=O)NC(C)c1nn[nH]n1. The van der Waals surface area contributed by atoms with Crippen molar-refractivity contribution in [2.45, 2.75) is 39.3 Å². The summed E-state index contributed by atoms with van der Waals surface area (Å²) >= 11 is 0. The zero-order valence-electron chi connectivity index (χ0n) is 9.82. The van der Waals surface area contributed by atoms with Crippen molar-refractivity contribution in [2.24, 2.45) is 0 Å². The van der Waals surface area contributed by atoms with Gasteiger partial charge in [-0.15, -0.1) is 10.2 Å². The molecule has 0 saturated heterocycles. The Morgan fingerprint density at radius 1 is 1.50 bits per heavy atom. The van der Waals surface area contributed by atoms with Crippen LogP contribution in [0.25, 0.3) is 0 Å². The normalized spacial score (nSPS) is 14.4. The molecule has 1 aromatic rings. The number of tetrazole rings is 1. The molecular formula is C9H18N6O. The van der Waals surface area contributed by atoms with Crippen LogP contribution in [0.4, 0.5) is 0 Å². The van der Waals surface area contributed by atoms with E-state index < -0.39 is 0 Å². The molecule has 2 unspecified atom stereocenters. The summed E-state index contributed by atoms with van der Waals surface area (Å²) < 4.78 is 0. The third kappa shape index (κ3) is 3.93. The van der Waals surface area contributed by atoms with Crippen LogP contribution in [0.15, 0.2) is 0 Å². The van der Waals surface area contributed by atoms with Gasteiger partial charge in [0.25, 0.3) is 0 Å². The summed E-state index contributed by atoms with van der Waals surface area (Å²) in [5, 5.41) is 19.4. The smallest absolute Gasteiger partial charge is 0.222 e. The molecule has 0 aromatic carbocycles. The van der Waals surface area contributed by atoms with Gasteiger partial charge in [-0.25, -0.2) is 0 Å². The molecule has 0 aliphatic rings. The molecule has 0 radical (unpaired) electrons. The maximum absolute atomic E-state index is 11.6. The summed E-state index contributed by atoms with van der Waals surface area (Å²) in [5.74, 6) is 0.468. The fourth-order valence-electron chi connectivity index (χ4n) is 1.42. The number of aromatic nitrogens is 4. The Morgan fingerprint density at radius 2 is 2.25 bits per heavy atom. The average Bonchev–Trinajstić information content (AvgIpc) is 2.69. The highest BCUT2D eigenvalue weighted by molar-refractivity contribution is 5.76. The highest BCUT2D eigenvalue weighted by Crippen LogP contribution is 2.03. The van der Waals surface area contributed by atoms with Crippen LogP contribution in [0.2, 0.25) is 0 Å². The standard InChI is InChI=1S/C9H18N6O/c1-4-10-6(2)5-8(16)11-7(3)9-12-14-15-13-9/h6-7,10H,4-5H2,1-3H3,(H,11,16)(H,12,13,14,15). The third-order valence-electron chi connectivity index (χ3n) is 2.17. The molecule has 1 heterocycles. The van der Waals surface area contributed by atoms with Gasteiger partial charge in [0.05, 0.1) is 6.04 Å². The molecule has 7 heteroatoms. The zero-order chi connectivity index (χ0) is 12.0. The van der Waals surface area contributed by atoms with Gasteiger partial charge < -0.3 is 10.6 Å². The van der Waals surface area contributed by atoms with E-state index in [1.165, 1.54) is 0 Å². The molecule has 1 rings (SSSR count). The number of H-pyrrole nitrogens is 1. The molecular weight excluding hydrogens is 208 g/mol. The van der Waals surface area contributed by atoms with Crippen LogP contribution in [-0.2, 0) is 4.79 Å². The van der Waals surface area contributed by atoms with E-state index in [1.807, 2.05) is 20.8 Å². The lowest BCUT2D eigenvalue weighted by atomic mass is 10.2. The first-order valence-corrected chi connectivity index (χ1v) is 5.39. The van der Waals surface area contributed by atoms with Crippen molar-refractivity contribution < 1.29 is 4.79 Å². The van der Waals surface area contributed by atoms with Gasteiger partial charge in [-0.1, -0.05) is 12.1 Å². The maximum Gasteiger partial charge on any atom is 0.222 e. The number of amides is 1. The van der Waals surface area contributed by atoms with Crippen molar-refractivity contribution in [1.82, 2.24) is 31.3 Å². The van der Waals surface area contributed by atoms with E-state index in [-0.39, 0.29) is 18.0 Å². The largest absolute Gasteiger partial charge is 0.346 e. The molecule has 0 bridgehead atoms. The number of aromatic amines is 1. The maximum atomic E-state index is 11.6. The van der Waals surface area contributed by atoms with Crippen molar-refractivity contribution in [3.8, 4) is 0 Å². The Morgan fingerprint density at radius 3 is 2.81 bits per heavy atom. The first-order chi connectivity index (χ1) is 7.63. The van der Waals surface area contributed by atoms with Gasteiger partial charge in [-0.3, -0.25) is 4.79 Å². The van der Waals surface area contributed by atoms with Crippen LogP contribution in [0, 0.1) is 0 Å². The van der Waals surface area contributed by atoms with Crippen molar-refractivity contribution in [3.63, 3.8) is 0 Å². The molecule has 0 aliphatic heterocycles. The third-order valence-corrected chi connectivity index (χ3v) is 2.17. The van der Waals surface area contributed by atoms with Gasteiger partial charge in [-0.2, -0.15) is 5.21 Å².